The predicted octanol–water partition coefficient (Wildman–Crippen LogP) is 2.07. The van der Waals surface area contributed by atoms with Crippen LogP contribution in [0, 0.1) is 0 Å². The van der Waals surface area contributed by atoms with Crippen molar-refractivity contribution in [2.75, 3.05) is 7.11 Å². The first kappa shape index (κ1) is 10.2. The number of fused-ring (bicyclic) bond motifs is 1. The molecule has 0 radical (unpaired) electrons. The third kappa shape index (κ3) is 1.98. The van der Waals surface area contributed by atoms with Crippen molar-refractivity contribution < 1.29 is 9.53 Å². The lowest BCUT2D eigenvalue weighted by Gasteiger charge is -1.98. The van der Waals surface area contributed by atoms with E-state index in [1.165, 1.54) is 0 Å². The molecule has 1 aromatic heterocycles. The van der Waals surface area contributed by atoms with Gasteiger partial charge < -0.3 is 15.0 Å². The molecular formula is C13H14N2O2. The molecule has 0 unspecified atom stereocenters. The molecule has 0 atom stereocenters. The highest BCUT2D eigenvalue weighted by Gasteiger charge is 2.24. The molecule has 4 nitrogen and oxygen atoms in total. The van der Waals surface area contributed by atoms with Gasteiger partial charge in [0, 0.05) is 16.9 Å². The van der Waals surface area contributed by atoms with Crippen LogP contribution in [0.4, 0.5) is 0 Å². The van der Waals surface area contributed by atoms with Crippen LogP contribution in [-0.4, -0.2) is 24.0 Å². The zero-order valence-corrected chi connectivity index (χ0v) is 9.62. The van der Waals surface area contributed by atoms with E-state index < -0.39 is 0 Å². The molecule has 2 aromatic rings. The van der Waals surface area contributed by atoms with Gasteiger partial charge in [0.1, 0.15) is 11.4 Å². The summed E-state index contributed by atoms with van der Waals surface area (Å²) in [5.74, 6) is 0.772. The van der Waals surface area contributed by atoms with Gasteiger partial charge in [0.15, 0.2) is 0 Å². The molecule has 0 saturated heterocycles. The summed E-state index contributed by atoms with van der Waals surface area (Å²) in [6.45, 7) is 0. The lowest BCUT2D eigenvalue weighted by atomic mass is 10.2. The highest BCUT2D eigenvalue weighted by atomic mass is 16.5. The fourth-order valence-electron chi connectivity index (χ4n) is 1.85. The van der Waals surface area contributed by atoms with E-state index in [1.54, 1.807) is 7.11 Å². The summed E-state index contributed by atoms with van der Waals surface area (Å²) < 4.78 is 5.15. The summed E-state index contributed by atoms with van der Waals surface area (Å²) in [4.78, 5) is 15.0. The van der Waals surface area contributed by atoms with E-state index in [1.807, 2.05) is 24.3 Å². The van der Waals surface area contributed by atoms with E-state index in [9.17, 15) is 4.79 Å². The smallest absolute Gasteiger partial charge is 0.267 e. The molecule has 2 N–H and O–H groups in total. The molecule has 1 saturated carbocycles. The first-order valence-electron chi connectivity index (χ1n) is 5.74. The van der Waals surface area contributed by atoms with Gasteiger partial charge in [-0.2, -0.15) is 0 Å². The minimum absolute atomic E-state index is 0.0253. The van der Waals surface area contributed by atoms with Crippen LogP contribution in [0.15, 0.2) is 24.3 Å². The summed E-state index contributed by atoms with van der Waals surface area (Å²) in [7, 11) is 1.63. The lowest BCUT2D eigenvalue weighted by molar-refractivity contribution is 0.0947. The number of carbonyl (C=O) groups excluding carboxylic acids is 1. The van der Waals surface area contributed by atoms with Crippen LogP contribution in [0.2, 0.25) is 0 Å². The van der Waals surface area contributed by atoms with E-state index in [0.717, 1.165) is 29.5 Å². The Morgan fingerprint density at radius 2 is 2.24 bits per heavy atom. The number of aromatic amines is 1. The predicted molar refractivity (Wildman–Crippen MR) is 65.3 cm³/mol. The van der Waals surface area contributed by atoms with E-state index in [0.29, 0.717) is 11.7 Å². The van der Waals surface area contributed by atoms with Crippen molar-refractivity contribution in [3.63, 3.8) is 0 Å². The number of hydrogen-bond donors (Lipinski definition) is 2. The maximum atomic E-state index is 11.8. The Labute approximate surface area is 99.0 Å². The zero-order chi connectivity index (χ0) is 11.8. The van der Waals surface area contributed by atoms with Crippen LogP contribution in [0.1, 0.15) is 23.3 Å². The number of nitrogens with one attached hydrogen (secondary N) is 2. The van der Waals surface area contributed by atoms with E-state index in [4.69, 9.17) is 4.74 Å². The Morgan fingerprint density at radius 1 is 1.41 bits per heavy atom. The third-order valence-electron chi connectivity index (χ3n) is 2.99. The largest absolute Gasteiger partial charge is 0.497 e. The summed E-state index contributed by atoms with van der Waals surface area (Å²) in [6.07, 6.45) is 2.19. The molecule has 0 spiro atoms. The standard InChI is InChI=1S/C13H14N2O2/c1-17-10-4-5-11-8(6-10)7-12(15-11)13(16)14-9-2-3-9/h4-7,9,15H,2-3H2,1H3,(H,14,16). The third-order valence-corrected chi connectivity index (χ3v) is 2.99. The molecule has 1 aliphatic rings. The molecule has 88 valence electrons. The average molecular weight is 230 g/mol. The van der Waals surface area contributed by atoms with Crippen LogP contribution in [-0.2, 0) is 0 Å². The number of aromatic nitrogens is 1. The van der Waals surface area contributed by atoms with Gasteiger partial charge in [0.25, 0.3) is 5.91 Å². The average Bonchev–Trinajstić information content (AvgIpc) is 3.04. The molecule has 0 aliphatic heterocycles. The molecular weight excluding hydrogens is 216 g/mol. The van der Waals surface area contributed by atoms with E-state index in [-0.39, 0.29) is 5.91 Å². The summed E-state index contributed by atoms with van der Waals surface area (Å²) in [6, 6.07) is 7.95. The van der Waals surface area contributed by atoms with Gasteiger partial charge in [0.05, 0.1) is 7.11 Å². The van der Waals surface area contributed by atoms with Crippen LogP contribution in [0.3, 0.4) is 0 Å². The number of carbonyl (C=O) groups is 1. The fourth-order valence-corrected chi connectivity index (χ4v) is 1.85. The first-order chi connectivity index (χ1) is 8.26. The maximum absolute atomic E-state index is 11.8. The summed E-state index contributed by atoms with van der Waals surface area (Å²) in [5.41, 5.74) is 1.56. The van der Waals surface area contributed by atoms with Crippen molar-refractivity contribution in [2.45, 2.75) is 18.9 Å². The molecule has 0 bridgehead atoms. The molecule has 1 heterocycles. The van der Waals surface area contributed by atoms with Crippen molar-refractivity contribution in [1.29, 1.82) is 0 Å². The normalized spacial score (nSPS) is 14.9. The number of hydrogen-bond acceptors (Lipinski definition) is 2. The minimum Gasteiger partial charge on any atom is -0.497 e. The van der Waals surface area contributed by atoms with Crippen LogP contribution in [0.25, 0.3) is 10.9 Å². The Morgan fingerprint density at radius 3 is 2.94 bits per heavy atom. The second kappa shape index (κ2) is 3.80. The summed E-state index contributed by atoms with van der Waals surface area (Å²) in [5, 5.41) is 3.95. The Bertz CT molecular complexity index is 570. The van der Waals surface area contributed by atoms with Gasteiger partial charge >= 0.3 is 0 Å². The van der Waals surface area contributed by atoms with Crippen molar-refractivity contribution in [1.82, 2.24) is 10.3 Å². The van der Waals surface area contributed by atoms with Crippen LogP contribution < -0.4 is 10.1 Å². The van der Waals surface area contributed by atoms with Gasteiger partial charge in [0.2, 0.25) is 0 Å². The lowest BCUT2D eigenvalue weighted by Crippen LogP contribution is -2.25. The van der Waals surface area contributed by atoms with Crippen LogP contribution in [0.5, 0.6) is 5.75 Å². The number of methoxy groups -OCH3 is 1. The van der Waals surface area contributed by atoms with Crippen molar-refractivity contribution in [3.05, 3.63) is 30.0 Å². The minimum atomic E-state index is -0.0253. The maximum Gasteiger partial charge on any atom is 0.267 e. The highest BCUT2D eigenvalue weighted by molar-refractivity contribution is 5.98. The zero-order valence-electron chi connectivity index (χ0n) is 9.62. The van der Waals surface area contributed by atoms with Crippen molar-refractivity contribution in [2.24, 2.45) is 0 Å². The fraction of sp³-hybridized carbons (Fsp3) is 0.308. The monoisotopic (exact) mass is 230 g/mol. The topological polar surface area (TPSA) is 54.1 Å². The Kier molecular flexibility index (Phi) is 2.28. The van der Waals surface area contributed by atoms with E-state index >= 15 is 0 Å². The highest BCUT2D eigenvalue weighted by Crippen LogP contribution is 2.23. The van der Waals surface area contributed by atoms with Gasteiger partial charge in [-0.3, -0.25) is 4.79 Å². The molecule has 1 aromatic carbocycles. The molecule has 4 heteroatoms. The number of H-pyrrole nitrogens is 1. The van der Waals surface area contributed by atoms with Gasteiger partial charge in [-0.1, -0.05) is 0 Å². The second-order valence-corrected chi connectivity index (χ2v) is 4.38. The Hall–Kier alpha value is -1.97. The molecule has 3 rings (SSSR count). The van der Waals surface area contributed by atoms with E-state index in [2.05, 4.69) is 10.3 Å². The molecule has 1 amide bonds. The van der Waals surface area contributed by atoms with Gasteiger partial charge in [-0.05, 0) is 37.1 Å². The number of benzene rings is 1. The van der Waals surface area contributed by atoms with Crippen LogP contribution >= 0.6 is 0 Å². The quantitative estimate of drug-likeness (QED) is 0.848. The molecule has 17 heavy (non-hydrogen) atoms. The van der Waals surface area contributed by atoms with Gasteiger partial charge in [-0.15, -0.1) is 0 Å². The second-order valence-electron chi connectivity index (χ2n) is 4.38. The number of amides is 1. The van der Waals surface area contributed by atoms with Gasteiger partial charge in [-0.25, -0.2) is 0 Å². The number of ether oxygens (including phenoxy) is 1. The SMILES string of the molecule is COc1ccc2[nH]c(C(=O)NC3CC3)cc2c1. The molecule has 1 fully saturated rings. The Balaban J connectivity index is 1.91. The van der Waals surface area contributed by atoms with Crippen molar-refractivity contribution >= 4 is 16.8 Å². The van der Waals surface area contributed by atoms with Crippen molar-refractivity contribution in [3.8, 4) is 5.75 Å². The first-order valence-corrected chi connectivity index (χ1v) is 5.74. The molecule has 1 aliphatic carbocycles. The number of rotatable bonds is 3. The summed E-state index contributed by atoms with van der Waals surface area (Å²) >= 11 is 0.